The van der Waals surface area contributed by atoms with Gasteiger partial charge in [0, 0.05) is 24.8 Å². The van der Waals surface area contributed by atoms with E-state index < -0.39 is 38.9 Å². The Bertz CT molecular complexity index is 944. The largest absolute Gasteiger partial charge is 0.322 e. The van der Waals surface area contributed by atoms with Crippen LogP contribution < -0.4 is 5.32 Å². The molecule has 0 atom stereocenters. The van der Waals surface area contributed by atoms with Gasteiger partial charge in [0.2, 0.25) is 10.0 Å². The second kappa shape index (κ2) is 6.49. The Kier molecular flexibility index (Phi) is 4.53. The summed E-state index contributed by atoms with van der Waals surface area (Å²) in [6, 6.07) is 5.55. The molecule has 0 unspecified atom stereocenters. The molecule has 1 saturated heterocycles. The van der Waals surface area contributed by atoms with Gasteiger partial charge < -0.3 is 5.32 Å². The third-order valence-corrected chi connectivity index (χ3v) is 5.71. The Hall–Kier alpha value is -2.39. The third-order valence-electron chi connectivity index (χ3n) is 3.81. The zero-order chi connectivity index (χ0) is 18.2. The first-order valence-corrected chi connectivity index (χ1v) is 8.79. The number of benzene rings is 2. The van der Waals surface area contributed by atoms with Crippen molar-refractivity contribution in [2.45, 2.75) is 11.3 Å². The second-order valence-electron chi connectivity index (χ2n) is 5.48. The first-order valence-electron chi connectivity index (χ1n) is 7.35. The summed E-state index contributed by atoms with van der Waals surface area (Å²) in [5.41, 5.74) is -0.592. The van der Waals surface area contributed by atoms with E-state index in [1.54, 1.807) is 0 Å². The van der Waals surface area contributed by atoms with E-state index in [1.165, 1.54) is 4.31 Å². The van der Waals surface area contributed by atoms with Gasteiger partial charge >= 0.3 is 0 Å². The van der Waals surface area contributed by atoms with E-state index >= 15 is 0 Å². The van der Waals surface area contributed by atoms with Crippen molar-refractivity contribution in [2.75, 3.05) is 18.4 Å². The van der Waals surface area contributed by atoms with E-state index in [0.717, 1.165) is 42.8 Å². The van der Waals surface area contributed by atoms with Crippen LogP contribution in [-0.4, -0.2) is 31.7 Å². The molecule has 0 aromatic heterocycles. The Morgan fingerprint density at radius 2 is 1.64 bits per heavy atom. The first-order chi connectivity index (χ1) is 11.8. The summed E-state index contributed by atoms with van der Waals surface area (Å²) < 4.78 is 65.9. The smallest absolute Gasteiger partial charge is 0.258 e. The Morgan fingerprint density at radius 3 is 2.24 bits per heavy atom. The minimum Gasteiger partial charge on any atom is -0.322 e. The number of rotatable bonds is 4. The van der Waals surface area contributed by atoms with Crippen molar-refractivity contribution in [2.24, 2.45) is 0 Å². The molecular weight excluding hydrogens is 357 g/mol. The molecule has 2 aromatic rings. The highest BCUT2D eigenvalue weighted by Crippen LogP contribution is 2.24. The molecule has 5 nitrogen and oxygen atoms in total. The maximum atomic E-state index is 13.9. The lowest BCUT2D eigenvalue weighted by Crippen LogP contribution is -2.42. The van der Waals surface area contributed by atoms with Gasteiger partial charge in [-0.25, -0.2) is 21.6 Å². The van der Waals surface area contributed by atoms with Gasteiger partial charge in [0.05, 0.1) is 10.5 Å². The van der Waals surface area contributed by atoms with E-state index in [9.17, 15) is 26.4 Å². The Balaban J connectivity index is 1.89. The zero-order valence-electron chi connectivity index (χ0n) is 12.8. The van der Waals surface area contributed by atoms with Crippen molar-refractivity contribution in [3.8, 4) is 0 Å². The van der Waals surface area contributed by atoms with Crippen LogP contribution in [0.1, 0.15) is 16.8 Å². The van der Waals surface area contributed by atoms with Gasteiger partial charge in [-0.15, -0.1) is 0 Å². The van der Waals surface area contributed by atoms with E-state index in [0.29, 0.717) is 13.1 Å². The fraction of sp³-hybridized carbons (Fsp3) is 0.188. The van der Waals surface area contributed by atoms with E-state index in [2.05, 4.69) is 5.32 Å². The molecule has 0 bridgehead atoms. The number of carbonyl (C=O) groups excluding carboxylic acids is 1. The van der Waals surface area contributed by atoms with Gasteiger partial charge in [-0.1, -0.05) is 0 Å². The van der Waals surface area contributed by atoms with Crippen LogP contribution in [-0.2, 0) is 10.0 Å². The summed E-state index contributed by atoms with van der Waals surface area (Å²) in [5, 5.41) is 2.21. The van der Waals surface area contributed by atoms with E-state index in [-0.39, 0.29) is 10.6 Å². The van der Waals surface area contributed by atoms with Crippen LogP contribution in [0.5, 0.6) is 0 Å². The van der Waals surface area contributed by atoms with Crippen molar-refractivity contribution >= 4 is 21.6 Å². The standard InChI is InChI=1S/C16H13F3N2O3S/c17-13-5-3-11(25(23,24)21-6-1-7-21)9-12(13)16(22)20-10-2-4-14(18)15(19)8-10/h2-5,8-9H,1,6-7H2,(H,20,22). The highest BCUT2D eigenvalue weighted by atomic mass is 32.2. The number of sulfonamides is 1. The molecule has 1 amide bonds. The first kappa shape index (κ1) is 17.4. The van der Waals surface area contributed by atoms with Crippen molar-refractivity contribution < 1.29 is 26.4 Å². The lowest BCUT2D eigenvalue weighted by Gasteiger charge is -2.29. The van der Waals surface area contributed by atoms with E-state index in [4.69, 9.17) is 0 Å². The van der Waals surface area contributed by atoms with Crippen LogP contribution in [0, 0.1) is 17.5 Å². The molecule has 0 spiro atoms. The predicted molar refractivity (Wildman–Crippen MR) is 84.1 cm³/mol. The van der Waals surface area contributed by atoms with Crippen molar-refractivity contribution in [3.05, 3.63) is 59.4 Å². The second-order valence-corrected chi connectivity index (χ2v) is 7.42. The number of hydrogen-bond acceptors (Lipinski definition) is 3. The van der Waals surface area contributed by atoms with E-state index in [1.807, 2.05) is 0 Å². The number of nitrogens with zero attached hydrogens (tertiary/aromatic N) is 1. The highest BCUT2D eigenvalue weighted by molar-refractivity contribution is 7.89. The Morgan fingerprint density at radius 1 is 0.960 bits per heavy atom. The monoisotopic (exact) mass is 370 g/mol. The summed E-state index contributed by atoms with van der Waals surface area (Å²) in [7, 11) is -3.78. The van der Waals surface area contributed by atoms with Crippen LogP contribution in [0.25, 0.3) is 0 Å². The number of amides is 1. The maximum absolute atomic E-state index is 13.9. The molecule has 1 aliphatic heterocycles. The summed E-state index contributed by atoms with van der Waals surface area (Å²) in [5.74, 6) is -4.16. The van der Waals surface area contributed by atoms with Crippen molar-refractivity contribution in [3.63, 3.8) is 0 Å². The average Bonchev–Trinajstić information content (AvgIpc) is 2.49. The number of anilines is 1. The molecule has 1 fully saturated rings. The van der Waals surface area contributed by atoms with Gasteiger partial charge in [0.25, 0.3) is 5.91 Å². The summed E-state index contributed by atoms with van der Waals surface area (Å²) in [6.45, 7) is 0.742. The number of nitrogens with one attached hydrogen (secondary N) is 1. The molecular formula is C16H13F3N2O3S. The molecule has 0 radical (unpaired) electrons. The number of halogens is 3. The molecule has 0 saturated carbocycles. The van der Waals surface area contributed by atoms with Crippen LogP contribution >= 0.6 is 0 Å². The van der Waals surface area contributed by atoms with Crippen LogP contribution in [0.3, 0.4) is 0 Å². The molecule has 1 aliphatic rings. The molecule has 1 heterocycles. The predicted octanol–water partition coefficient (Wildman–Crippen LogP) is 2.75. The fourth-order valence-electron chi connectivity index (χ4n) is 2.29. The molecule has 25 heavy (non-hydrogen) atoms. The quantitative estimate of drug-likeness (QED) is 0.900. The molecule has 2 aromatic carbocycles. The van der Waals surface area contributed by atoms with Gasteiger partial charge in [0.1, 0.15) is 5.82 Å². The van der Waals surface area contributed by atoms with Gasteiger partial charge in [-0.2, -0.15) is 4.31 Å². The Labute approximate surface area is 142 Å². The minimum atomic E-state index is -3.78. The normalized spacial score (nSPS) is 14.8. The highest BCUT2D eigenvalue weighted by Gasteiger charge is 2.30. The summed E-state index contributed by atoms with van der Waals surface area (Å²) in [6.07, 6.45) is 0.740. The maximum Gasteiger partial charge on any atom is 0.258 e. The third kappa shape index (κ3) is 3.38. The zero-order valence-corrected chi connectivity index (χ0v) is 13.6. The van der Waals surface area contributed by atoms with Crippen LogP contribution in [0.15, 0.2) is 41.3 Å². The molecule has 132 valence electrons. The van der Waals surface area contributed by atoms with Gasteiger partial charge in [-0.05, 0) is 36.8 Å². The lowest BCUT2D eigenvalue weighted by atomic mass is 10.2. The number of carbonyl (C=O) groups is 1. The lowest BCUT2D eigenvalue weighted by molar-refractivity contribution is 0.102. The minimum absolute atomic E-state index is 0.0840. The average molecular weight is 370 g/mol. The van der Waals surface area contributed by atoms with Gasteiger partial charge in [0.15, 0.2) is 11.6 Å². The number of hydrogen-bond donors (Lipinski definition) is 1. The fourth-order valence-corrected chi connectivity index (χ4v) is 3.83. The molecule has 3 rings (SSSR count). The molecule has 0 aliphatic carbocycles. The van der Waals surface area contributed by atoms with Crippen molar-refractivity contribution in [1.82, 2.24) is 4.31 Å². The van der Waals surface area contributed by atoms with Gasteiger partial charge in [-0.3, -0.25) is 4.79 Å². The SMILES string of the molecule is O=C(Nc1ccc(F)c(F)c1)c1cc(S(=O)(=O)N2CCC2)ccc1F. The topological polar surface area (TPSA) is 66.5 Å². The molecule has 9 heteroatoms. The summed E-state index contributed by atoms with van der Waals surface area (Å²) >= 11 is 0. The summed E-state index contributed by atoms with van der Waals surface area (Å²) in [4.78, 5) is 12.0. The van der Waals surface area contributed by atoms with Crippen LogP contribution in [0.2, 0.25) is 0 Å². The molecule has 1 N–H and O–H groups in total. The van der Waals surface area contributed by atoms with Crippen molar-refractivity contribution in [1.29, 1.82) is 0 Å². The van der Waals surface area contributed by atoms with Crippen LogP contribution in [0.4, 0.5) is 18.9 Å².